The zero-order valence-electron chi connectivity index (χ0n) is 6.99. The molecular weight excluding hydrogens is 150 g/mol. The van der Waals surface area contributed by atoms with Gasteiger partial charge in [0.15, 0.2) is 0 Å². The van der Waals surface area contributed by atoms with Crippen molar-refractivity contribution in [2.75, 3.05) is 0 Å². The van der Waals surface area contributed by atoms with E-state index in [4.69, 9.17) is 5.73 Å². The number of carbonyl (C=O) groups excluding carboxylic acids is 1. The molecule has 0 saturated heterocycles. The molecule has 0 aromatic carbocycles. The van der Waals surface area contributed by atoms with Crippen LogP contribution in [-0.4, -0.2) is 6.29 Å². The molecular formula is C10H13NO. The fraction of sp³-hybridized carbons (Fsp3) is 0.300. The Bertz CT molecular complexity index is 243. The van der Waals surface area contributed by atoms with Crippen molar-refractivity contribution in [3.05, 3.63) is 36.1 Å². The highest BCUT2D eigenvalue weighted by molar-refractivity contribution is 5.64. The van der Waals surface area contributed by atoms with Gasteiger partial charge in [-0.1, -0.05) is 18.2 Å². The molecule has 0 heterocycles. The van der Waals surface area contributed by atoms with E-state index in [1.165, 1.54) is 0 Å². The number of hydrogen-bond donors (Lipinski definition) is 1. The van der Waals surface area contributed by atoms with Gasteiger partial charge in [0, 0.05) is 5.70 Å². The first-order valence-electron chi connectivity index (χ1n) is 4.02. The summed E-state index contributed by atoms with van der Waals surface area (Å²) in [5.74, 6) is -0.235. The minimum absolute atomic E-state index is 0.235. The average Bonchev–Trinajstić information content (AvgIpc) is 2.10. The molecule has 12 heavy (non-hydrogen) atoms. The van der Waals surface area contributed by atoms with Gasteiger partial charge in [0.2, 0.25) is 0 Å². The molecule has 2 heteroatoms. The summed E-state index contributed by atoms with van der Waals surface area (Å²) in [5, 5.41) is 0. The van der Waals surface area contributed by atoms with E-state index in [-0.39, 0.29) is 5.92 Å². The predicted octanol–water partition coefficient (Wildman–Crippen LogP) is 1.55. The smallest absolute Gasteiger partial charge is 0.131 e. The number of aldehydes is 1. The fourth-order valence-electron chi connectivity index (χ4n) is 1.28. The minimum atomic E-state index is -0.235. The highest BCUT2D eigenvalue weighted by Gasteiger charge is 2.12. The summed E-state index contributed by atoms with van der Waals surface area (Å²) in [5.41, 5.74) is 7.48. The topological polar surface area (TPSA) is 43.1 Å². The Balaban J connectivity index is 2.90. The largest absolute Gasteiger partial charge is 0.402 e. The first kappa shape index (κ1) is 8.78. The molecule has 1 rings (SSSR count). The van der Waals surface area contributed by atoms with E-state index in [0.29, 0.717) is 0 Å². The molecule has 2 N–H and O–H groups in total. The summed E-state index contributed by atoms with van der Waals surface area (Å²) in [6, 6.07) is 0. The van der Waals surface area contributed by atoms with E-state index in [1.807, 2.05) is 12.2 Å². The van der Waals surface area contributed by atoms with Crippen LogP contribution >= 0.6 is 0 Å². The fourth-order valence-corrected chi connectivity index (χ4v) is 1.28. The van der Waals surface area contributed by atoms with Gasteiger partial charge in [-0.2, -0.15) is 0 Å². The summed E-state index contributed by atoms with van der Waals surface area (Å²) in [7, 11) is 0. The second-order valence-corrected chi connectivity index (χ2v) is 2.82. The highest BCUT2D eigenvalue weighted by Crippen LogP contribution is 2.21. The molecule has 1 unspecified atom stereocenters. The minimum Gasteiger partial charge on any atom is -0.402 e. The van der Waals surface area contributed by atoms with Crippen molar-refractivity contribution >= 4 is 6.29 Å². The molecule has 0 aromatic rings. The van der Waals surface area contributed by atoms with Crippen molar-refractivity contribution in [1.29, 1.82) is 0 Å². The van der Waals surface area contributed by atoms with E-state index in [2.05, 4.69) is 6.58 Å². The third-order valence-electron chi connectivity index (χ3n) is 2.01. The van der Waals surface area contributed by atoms with E-state index in [9.17, 15) is 4.79 Å². The van der Waals surface area contributed by atoms with Gasteiger partial charge in [-0.25, -0.2) is 0 Å². The Labute approximate surface area is 72.5 Å². The van der Waals surface area contributed by atoms with Crippen LogP contribution in [-0.2, 0) is 4.79 Å². The van der Waals surface area contributed by atoms with Crippen molar-refractivity contribution in [2.24, 2.45) is 11.7 Å². The first-order chi connectivity index (χ1) is 5.79. The number of hydrogen-bond acceptors (Lipinski definition) is 2. The molecule has 0 amide bonds. The molecule has 64 valence electrons. The Morgan fingerprint density at radius 2 is 2.42 bits per heavy atom. The number of nitrogens with two attached hydrogens (primary N) is 1. The summed E-state index contributed by atoms with van der Waals surface area (Å²) < 4.78 is 0. The average molecular weight is 163 g/mol. The number of allylic oxidation sites excluding steroid dienone is 5. The molecule has 0 aromatic heterocycles. The summed E-state index contributed by atoms with van der Waals surface area (Å²) in [6.45, 7) is 3.59. The zero-order chi connectivity index (χ0) is 8.97. The van der Waals surface area contributed by atoms with Gasteiger partial charge >= 0.3 is 0 Å². The molecule has 0 radical (unpaired) electrons. The molecule has 1 aliphatic rings. The van der Waals surface area contributed by atoms with Gasteiger partial charge in [0.25, 0.3) is 0 Å². The summed E-state index contributed by atoms with van der Waals surface area (Å²) in [6.07, 6.45) is 8.25. The maximum absolute atomic E-state index is 10.6. The Kier molecular flexibility index (Phi) is 2.86. The van der Waals surface area contributed by atoms with Crippen LogP contribution in [0.15, 0.2) is 36.1 Å². The lowest BCUT2D eigenvalue weighted by Crippen LogP contribution is -2.11. The van der Waals surface area contributed by atoms with Crippen LogP contribution in [0.2, 0.25) is 0 Å². The number of carbonyl (C=O) groups is 1. The van der Waals surface area contributed by atoms with Gasteiger partial charge < -0.3 is 10.5 Å². The van der Waals surface area contributed by atoms with Crippen LogP contribution in [0.1, 0.15) is 12.8 Å². The maximum Gasteiger partial charge on any atom is 0.131 e. The number of rotatable bonds is 3. The molecule has 2 nitrogen and oxygen atoms in total. The lowest BCUT2D eigenvalue weighted by molar-refractivity contribution is -0.109. The van der Waals surface area contributed by atoms with Crippen molar-refractivity contribution in [2.45, 2.75) is 12.8 Å². The van der Waals surface area contributed by atoms with Crippen molar-refractivity contribution in [1.82, 2.24) is 0 Å². The SMILES string of the molecule is C=CC(C=O)C1=C(N)CCC=C1. The summed E-state index contributed by atoms with van der Waals surface area (Å²) >= 11 is 0. The van der Waals surface area contributed by atoms with E-state index in [0.717, 1.165) is 30.4 Å². The Morgan fingerprint density at radius 1 is 1.67 bits per heavy atom. The Morgan fingerprint density at radius 3 is 2.92 bits per heavy atom. The van der Waals surface area contributed by atoms with Gasteiger partial charge in [0.1, 0.15) is 6.29 Å². The van der Waals surface area contributed by atoms with E-state index < -0.39 is 0 Å². The molecule has 1 atom stereocenters. The van der Waals surface area contributed by atoms with E-state index in [1.54, 1.807) is 6.08 Å². The zero-order valence-corrected chi connectivity index (χ0v) is 6.99. The molecule has 0 bridgehead atoms. The second-order valence-electron chi connectivity index (χ2n) is 2.82. The monoisotopic (exact) mass is 163 g/mol. The van der Waals surface area contributed by atoms with Crippen LogP contribution in [0, 0.1) is 5.92 Å². The van der Waals surface area contributed by atoms with Gasteiger partial charge in [-0.05, 0) is 18.4 Å². The highest BCUT2D eigenvalue weighted by atomic mass is 16.1. The van der Waals surface area contributed by atoms with Crippen molar-refractivity contribution in [3.8, 4) is 0 Å². The van der Waals surface area contributed by atoms with Crippen LogP contribution in [0.25, 0.3) is 0 Å². The van der Waals surface area contributed by atoms with Crippen LogP contribution < -0.4 is 5.73 Å². The predicted molar refractivity (Wildman–Crippen MR) is 49.3 cm³/mol. The molecule has 0 fully saturated rings. The van der Waals surface area contributed by atoms with Gasteiger partial charge in [-0.3, -0.25) is 0 Å². The molecule has 0 spiro atoms. The van der Waals surface area contributed by atoms with Crippen LogP contribution in [0.4, 0.5) is 0 Å². The third-order valence-corrected chi connectivity index (χ3v) is 2.01. The lowest BCUT2D eigenvalue weighted by atomic mass is 9.93. The summed E-state index contributed by atoms with van der Waals surface area (Å²) in [4.78, 5) is 10.6. The maximum atomic E-state index is 10.6. The lowest BCUT2D eigenvalue weighted by Gasteiger charge is -2.14. The molecule has 1 aliphatic carbocycles. The van der Waals surface area contributed by atoms with Crippen molar-refractivity contribution in [3.63, 3.8) is 0 Å². The third kappa shape index (κ3) is 1.64. The standard InChI is InChI=1S/C10H13NO/c1-2-8(7-12)9-5-3-4-6-10(9)11/h2-3,5,7-8H,1,4,6,11H2. The van der Waals surface area contributed by atoms with E-state index >= 15 is 0 Å². The first-order valence-corrected chi connectivity index (χ1v) is 4.02. The van der Waals surface area contributed by atoms with Crippen LogP contribution in [0.3, 0.4) is 0 Å². The van der Waals surface area contributed by atoms with Crippen LogP contribution in [0.5, 0.6) is 0 Å². The van der Waals surface area contributed by atoms with Gasteiger partial charge in [-0.15, -0.1) is 6.58 Å². The van der Waals surface area contributed by atoms with Gasteiger partial charge in [0.05, 0.1) is 5.92 Å². The molecule has 0 aliphatic heterocycles. The van der Waals surface area contributed by atoms with Crippen molar-refractivity contribution < 1.29 is 4.79 Å². The molecule has 0 saturated carbocycles. The quantitative estimate of drug-likeness (QED) is 0.506. The Hall–Kier alpha value is -1.31. The second kappa shape index (κ2) is 3.90. The normalized spacial score (nSPS) is 19.0.